The van der Waals surface area contributed by atoms with Crippen molar-refractivity contribution >= 4 is 8.56 Å². The SMILES string of the molecule is [O-][Si](O)(C1=C=CC=C1)C1=C=CC=C1. The predicted molar refractivity (Wildman–Crippen MR) is 49.4 cm³/mol. The van der Waals surface area contributed by atoms with Crippen LogP contribution in [-0.4, -0.2) is 13.4 Å². The summed E-state index contributed by atoms with van der Waals surface area (Å²) in [5.74, 6) is 0. The molecule has 2 nitrogen and oxygen atoms in total. The first-order valence-electron chi connectivity index (χ1n) is 3.92. The Hall–Kier alpha value is -1.34. The van der Waals surface area contributed by atoms with Crippen LogP contribution in [0, 0.1) is 0 Å². The second-order valence-corrected chi connectivity index (χ2v) is 5.18. The van der Waals surface area contributed by atoms with Crippen LogP contribution in [-0.2, 0) is 0 Å². The standard InChI is InChI=1S/C10H7O2Si/c11-13(12,9-5-1-2-6-9)10-7-3-4-8-10/h1-5,7,11H/q-1. The van der Waals surface area contributed by atoms with E-state index in [1.807, 2.05) is 0 Å². The summed E-state index contributed by atoms with van der Waals surface area (Å²) in [6.45, 7) is 0. The van der Waals surface area contributed by atoms with Gasteiger partial charge in [-0.3, -0.25) is 0 Å². The molecule has 0 aromatic rings. The maximum atomic E-state index is 11.9. The van der Waals surface area contributed by atoms with Gasteiger partial charge in [-0.25, -0.2) is 0 Å². The van der Waals surface area contributed by atoms with E-state index < -0.39 is 8.56 Å². The molecule has 0 radical (unpaired) electrons. The van der Waals surface area contributed by atoms with E-state index in [4.69, 9.17) is 0 Å². The summed E-state index contributed by atoms with van der Waals surface area (Å²) < 4.78 is 0. The Kier molecular flexibility index (Phi) is 1.81. The summed E-state index contributed by atoms with van der Waals surface area (Å²) in [7, 11) is -3.71. The number of hydrogen-bond acceptors (Lipinski definition) is 2. The van der Waals surface area contributed by atoms with Gasteiger partial charge in [0.15, 0.2) is 8.56 Å². The Bertz CT molecular complexity index is 386. The molecule has 2 aliphatic carbocycles. The maximum Gasteiger partial charge on any atom is 0.175 e. The van der Waals surface area contributed by atoms with Crippen molar-refractivity contribution in [3.8, 4) is 0 Å². The molecule has 0 bridgehead atoms. The minimum absolute atomic E-state index is 0.370. The van der Waals surface area contributed by atoms with Gasteiger partial charge in [0.2, 0.25) is 0 Å². The first-order chi connectivity index (χ1) is 6.21. The van der Waals surface area contributed by atoms with E-state index in [2.05, 4.69) is 11.5 Å². The fourth-order valence-corrected chi connectivity index (χ4v) is 2.72. The van der Waals surface area contributed by atoms with E-state index in [-0.39, 0.29) is 0 Å². The lowest BCUT2D eigenvalue weighted by Gasteiger charge is -2.30. The molecule has 3 heteroatoms. The van der Waals surface area contributed by atoms with Gasteiger partial charge in [-0.1, -0.05) is 24.3 Å². The summed E-state index contributed by atoms with van der Waals surface area (Å²) in [5, 5.41) is 0.741. The van der Waals surface area contributed by atoms with Crippen molar-refractivity contribution in [1.29, 1.82) is 0 Å². The minimum atomic E-state index is -3.71. The van der Waals surface area contributed by atoms with E-state index in [9.17, 15) is 9.59 Å². The highest BCUT2D eigenvalue weighted by molar-refractivity contribution is 6.79. The molecule has 0 fully saturated rings. The van der Waals surface area contributed by atoms with Crippen molar-refractivity contribution < 1.29 is 9.59 Å². The summed E-state index contributed by atoms with van der Waals surface area (Å²) in [6, 6.07) is 0. The fraction of sp³-hybridized carbons (Fsp3) is 0. The molecule has 0 heterocycles. The van der Waals surface area contributed by atoms with E-state index in [1.165, 1.54) is 0 Å². The molecule has 0 aromatic carbocycles. The summed E-state index contributed by atoms with van der Waals surface area (Å²) >= 11 is 0. The molecule has 2 rings (SSSR count). The van der Waals surface area contributed by atoms with Gasteiger partial charge in [-0.2, -0.15) is 0 Å². The number of allylic oxidation sites excluding steroid dienone is 6. The van der Waals surface area contributed by atoms with Crippen LogP contribution in [0.25, 0.3) is 0 Å². The second-order valence-electron chi connectivity index (χ2n) is 2.81. The lowest BCUT2D eigenvalue weighted by atomic mass is 10.6. The molecule has 0 spiro atoms. The highest BCUT2D eigenvalue weighted by Crippen LogP contribution is 2.20. The van der Waals surface area contributed by atoms with Gasteiger partial charge < -0.3 is 9.59 Å². The molecule has 64 valence electrons. The van der Waals surface area contributed by atoms with Gasteiger partial charge in [0.1, 0.15) is 0 Å². The molecule has 13 heavy (non-hydrogen) atoms. The van der Waals surface area contributed by atoms with Gasteiger partial charge in [0.05, 0.1) is 0 Å². The first kappa shape index (κ1) is 8.26. The van der Waals surface area contributed by atoms with Crippen LogP contribution < -0.4 is 4.80 Å². The Morgan fingerprint density at radius 1 is 1.08 bits per heavy atom. The number of hydrogen-bond donors (Lipinski definition) is 1. The van der Waals surface area contributed by atoms with Gasteiger partial charge in [-0.15, -0.1) is 11.5 Å². The Balaban J connectivity index is 2.41. The molecule has 0 saturated carbocycles. The second kappa shape index (κ2) is 2.86. The Morgan fingerprint density at radius 3 is 1.85 bits per heavy atom. The largest absolute Gasteiger partial charge is 0.831 e. The predicted octanol–water partition coefficient (Wildman–Crippen LogP) is 0.162. The summed E-state index contributed by atoms with van der Waals surface area (Å²) in [5.41, 5.74) is 5.49. The van der Waals surface area contributed by atoms with Crippen LogP contribution in [0.4, 0.5) is 0 Å². The quantitative estimate of drug-likeness (QED) is 0.494. The average Bonchev–Trinajstić information content (AvgIpc) is 2.78. The van der Waals surface area contributed by atoms with Crippen molar-refractivity contribution in [3.05, 3.63) is 58.3 Å². The van der Waals surface area contributed by atoms with E-state index in [0.717, 1.165) is 0 Å². The van der Waals surface area contributed by atoms with Crippen molar-refractivity contribution in [1.82, 2.24) is 0 Å². The molecule has 0 amide bonds. The third-order valence-electron chi connectivity index (χ3n) is 1.93. The summed E-state index contributed by atoms with van der Waals surface area (Å²) in [4.78, 5) is 21.6. The zero-order chi connectivity index (χ0) is 9.31. The molecule has 1 N–H and O–H groups in total. The zero-order valence-electron chi connectivity index (χ0n) is 6.82. The van der Waals surface area contributed by atoms with Crippen molar-refractivity contribution in [2.75, 3.05) is 0 Å². The van der Waals surface area contributed by atoms with Crippen molar-refractivity contribution in [3.63, 3.8) is 0 Å². The van der Waals surface area contributed by atoms with Gasteiger partial charge in [0, 0.05) is 0 Å². The minimum Gasteiger partial charge on any atom is -0.831 e. The fourth-order valence-electron chi connectivity index (χ4n) is 1.23. The first-order valence-corrected chi connectivity index (χ1v) is 5.77. The van der Waals surface area contributed by atoms with Gasteiger partial charge in [0.25, 0.3) is 0 Å². The van der Waals surface area contributed by atoms with Crippen LogP contribution in [0.3, 0.4) is 0 Å². The lowest BCUT2D eigenvalue weighted by Crippen LogP contribution is -2.53. The van der Waals surface area contributed by atoms with Gasteiger partial charge in [-0.05, 0) is 22.5 Å². The Morgan fingerprint density at radius 2 is 1.54 bits per heavy atom. The smallest absolute Gasteiger partial charge is 0.175 e. The zero-order valence-corrected chi connectivity index (χ0v) is 7.82. The van der Waals surface area contributed by atoms with E-state index in [0.29, 0.717) is 10.4 Å². The highest BCUT2D eigenvalue weighted by Gasteiger charge is 2.25. The molecule has 0 unspecified atom stereocenters. The van der Waals surface area contributed by atoms with Crippen molar-refractivity contribution in [2.24, 2.45) is 0 Å². The third kappa shape index (κ3) is 1.31. The van der Waals surface area contributed by atoms with E-state index in [1.54, 1.807) is 36.5 Å². The molecule has 0 aliphatic heterocycles. The van der Waals surface area contributed by atoms with Crippen LogP contribution >= 0.6 is 0 Å². The maximum absolute atomic E-state index is 11.9. The molecule has 0 aromatic heterocycles. The molecule has 2 aliphatic rings. The molecular weight excluding hydrogens is 180 g/mol. The monoisotopic (exact) mass is 187 g/mol. The van der Waals surface area contributed by atoms with E-state index >= 15 is 0 Å². The average molecular weight is 187 g/mol. The third-order valence-corrected chi connectivity index (χ3v) is 4.01. The van der Waals surface area contributed by atoms with Crippen LogP contribution in [0.5, 0.6) is 0 Å². The molecular formula is C10H7O2Si-. The number of rotatable bonds is 2. The normalized spacial score (nSPS) is 18.3. The molecule has 0 saturated heterocycles. The topological polar surface area (TPSA) is 43.3 Å². The van der Waals surface area contributed by atoms with Crippen LogP contribution in [0.1, 0.15) is 0 Å². The highest BCUT2D eigenvalue weighted by atomic mass is 28.4. The lowest BCUT2D eigenvalue weighted by molar-refractivity contribution is -0.225. The molecule has 0 atom stereocenters. The summed E-state index contributed by atoms with van der Waals surface area (Å²) in [6.07, 6.45) is 9.89. The van der Waals surface area contributed by atoms with Crippen LogP contribution in [0.2, 0.25) is 0 Å². The van der Waals surface area contributed by atoms with Gasteiger partial charge >= 0.3 is 0 Å². The Labute approximate surface area is 77.1 Å². The van der Waals surface area contributed by atoms with Crippen LogP contribution in [0.15, 0.2) is 58.3 Å². The van der Waals surface area contributed by atoms with Crippen molar-refractivity contribution in [2.45, 2.75) is 0 Å².